The zero-order chi connectivity index (χ0) is 15.4. The fourth-order valence-corrected chi connectivity index (χ4v) is 1.72. The highest BCUT2D eigenvalue weighted by atomic mass is 16.1. The van der Waals surface area contributed by atoms with Gasteiger partial charge in [-0.3, -0.25) is 20.2 Å². The zero-order valence-corrected chi connectivity index (χ0v) is 11.3. The molecule has 2 rings (SSSR count). The quantitative estimate of drug-likeness (QED) is 0.430. The van der Waals surface area contributed by atoms with Gasteiger partial charge in [0.1, 0.15) is 6.07 Å². The molecule has 0 aliphatic rings. The number of fused-ring (bicyclic) bond motifs is 1. The number of nitrogens with one attached hydrogen (secondary N) is 2. The summed E-state index contributed by atoms with van der Waals surface area (Å²) in [5.74, 6) is -0.422. The van der Waals surface area contributed by atoms with E-state index in [1.54, 1.807) is 24.3 Å². The van der Waals surface area contributed by atoms with Crippen molar-refractivity contribution < 1.29 is 0 Å². The molecule has 0 bridgehead atoms. The standard InChI is InChI=1S/C13H13N7O/c1-2-20-7-17-10-5-8(3-4-9(10)13(20)21)18-19-11(6-14)12(15)16/h3-5,7,18H,2H2,1H3,(H3,15,16)/b19-11+. The van der Waals surface area contributed by atoms with Crippen molar-refractivity contribution in [2.24, 2.45) is 10.8 Å². The Hall–Kier alpha value is -3.21. The van der Waals surface area contributed by atoms with Gasteiger partial charge >= 0.3 is 0 Å². The molecule has 0 saturated carbocycles. The number of aromatic nitrogens is 2. The highest BCUT2D eigenvalue weighted by Crippen LogP contribution is 2.14. The van der Waals surface area contributed by atoms with Gasteiger partial charge in [-0.1, -0.05) is 0 Å². The Bertz CT molecular complexity index is 829. The normalized spacial score (nSPS) is 11.1. The van der Waals surface area contributed by atoms with Crippen LogP contribution in [-0.4, -0.2) is 21.1 Å². The largest absolute Gasteiger partial charge is 0.382 e. The summed E-state index contributed by atoms with van der Waals surface area (Å²) in [7, 11) is 0. The number of rotatable bonds is 4. The minimum Gasteiger partial charge on any atom is -0.382 e. The van der Waals surface area contributed by atoms with Crippen molar-refractivity contribution in [2.45, 2.75) is 13.5 Å². The molecule has 0 spiro atoms. The molecule has 1 heterocycles. The first-order chi connectivity index (χ1) is 10.1. The van der Waals surface area contributed by atoms with Crippen LogP contribution in [0.5, 0.6) is 0 Å². The van der Waals surface area contributed by atoms with Crippen molar-refractivity contribution in [3.05, 3.63) is 34.9 Å². The third-order valence-corrected chi connectivity index (χ3v) is 2.82. The first-order valence-corrected chi connectivity index (χ1v) is 6.14. The summed E-state index contributed by atoms with van der Waals surface area (Å²) in [6.45, 7) is 2.42. The molecule has 0 aliphatic heterocycles. The average molecular weight is 283 g/mol. The minimum absolute atomic E-state index is 0.112. The molecule has 4 N–H and O–H groups in total. The number of anilines is 1. The second-order valence-corrected chi connectivity index (χ2v) is 4.17. The van der Waals surface area contributed by atoms with Gasteiger partial charge in [0, 0.05) is 6.54 Å². The highest BCUT2D eigenvalue weighted by Gasteiger charge is 2.05. The van der Waals surface area contributed by atoms with Crippen LogP contribution in [0, 0.1) is 16.7 Å². The Morgan fingerprint density at radius 2 is 2.38 bits per heavy atom. The first-order valence-electron chi connectivity index (χ1n) is 6.14. The first kappa shape index (κ1) is 14.2. The molecule has 1 aromatic carbocycles. The van der Waals surface area contributed by atoms with E-state index in [9.17, 15) is 4.79 Å². The lowest BCUT2D eigenvalue weighted by Crippen LogP contribution is -2.22. The number of nitriles is 1. The molecule has 0 atom stereocenters. The number of amidine groups is 1. The molecule has 8 heteroatoms. The molecular weight excluding hydrogens is 270 g/mol. The van der Waals surface area contributed by atoms with E-state index in [0.29, 0.717) is 23.1 Å². The van der Waals surface area contributed by atoms with E-state index >= 15 is 0 Å². The van der Waals surface area contributed by atoms with Gasteiger partial charge in [-0.2, -0.15) is 10.4 Å². The van der Waals surface area contributed by atoms with Crippen LogP contribution in [0.2, 0.25) is 0 Å². The topological polar surface area (TPSA) is 133 Å². The number of hydrogen-bond acceptors (Lipinski definition) is 6. The lowest BCUT2D eigenvalue weighted by atomic mass is 10.2. The fraction of sp³-hybridized carbons (Fsp3) is 0.154. The Kier molecular flexibility index (Phi) is 3.95. The summed E-state index contributed by atoms with van der Waals surface area (Å²) < 4.78 is 1.51. The van der Waals surface area contributed by atoms with E-state index in [2.05, 4.69) is 15.5 Å². The molecule has 0 saturated heterocycles. The summed E-state index contributed by atoms with van der Waals surface area (Å²) >= 11 is 0. The molecule has 2 aromatic rings. The summed E-state index contributed by atoms with van der Waals surface area (Å²) in [4.78, 5) is 16.3. The molecule has 0 fully saturated rings. The van der Waals surface area contributed by atoms with Crippen LogP contribution in [0.1, 0.15) is 6.92 Å². The number of nitrogens with two attached hydrogens (primary N) is 1. The highest BCUT2D eigenvalue weighted by molar-refractivity contribution is 6.45. The maximum Gasteiger partial charge on any atom is 0.261 e. The van der Waals surface area contributed by atoms with Gasteiger partial charge in [0.25, 0.3) is 5.56 Å². The van der Waals surface area contributed by atoms with E-state index in [1.165, 1.54) is 10.9 Å². The van der Waals surface area contributed by atoms with Crippen LogP contribution in [0.4, 0.5) is 5.69 Å². The zero-order valence-electron chi connectivity index (χ0n) is 11.3. The maximum absolute atomic E-state index is 12.1. The number of hydrazone groups is 1. The molecule has 1 aromatic heterocycles. The Labute approximate surface area is 120 Å². The number of aryl methyl sites for hydroxylation is 1. The predicted molar refractivity (Wildman–Crippen MR) is 80.3 cm³/mol. The molecule has 0 radical (unpaired) electrons. The monoisotopic (exact) mass is 283 g/mol. The number of benzene rings is 1. The van der Waals surface area contributed by atoms with Crippen LogP contribution < -0.4 is 16.7 Å². The van der Waals surface area contributed by atoms with Gasteiger partial charge in [0.15, 0.2) is 5.84 Å². The Balaban J connectivity index is 2.39. The molecule has 106 valence electrons. The lowest BCUT2D eigenvalue weighted by Gasteiger charge is -2.05. The molecular formula is C13H13N7O. The van der Waals surface area contributed by atoms with Crippen LogP contribution >= 0.6 is 0 Å². The Morgan fingerprint density at radius 3 is 3.00 bits per heavy atom. The van der Waals surface area contributed by atoms with Crippen molar-refractivity contribution in [3.8, 4) is 6.07 Å². The van der Waals surface area contributed by atoms with Crippen molar-refractivity contribution in [1.29, 1.82) is 10.7 Å². The van der Waals surface area contributed by atoms with Crippen molar-refractivity contribution in [1.82, 2.24) is 9.55 Å². The van der Waals surface area contributed by atoms with Crippen LogP contribution in [0.3, 0.4) is 0 Å². The van der Waals surface area contributed by atoms with Crippen molar-refractivity contribution >= 4 is 28.1 Å². The van der Waals surface area contributed by atoms with Gasteiger partial charge in [-0.15, -0.1) is 0 Å². The number of hydrogen-bond donors (Lipinski definition) is 3. The predicted octanol–water partition coefficient (Wildman–Crippen LogP) is 0.644. The smallest absolute Gasteiger partial charge is 0.261 e. The van der Waals surface area contributed by atoms with Gasteiger partial charge in [0.2, 0.25) is 5.71 Å². The lowest BCUT2D eigenvalue weighted by molar-refractivity contribution is 0.717. The van der Waals surface area contributed by atoms with Gasteiger partial charge in [-0.05, 0) is 25.1 Å². The molecule has 0 unspecified atom stereocenters. The second-order valence-electron chi connectivity index (χ2n) is 4.17. The van der Waals surface area contributed by atoms with Crippen LogP contribution in [-0.2, 0) is 6.54 Å². The van der Waals surface area contributed by atoms with E-state index in [1.807, 2.05) is 6.92 Å². The maximum atomic E-state index is 12.1. The van der Waals surface area contributed by atoms with Crippen LogP contribution in [0.15, 0.2) is 34.4 Å². The minimum atomic E-state index is -0.422. The van der Waals surface area contributed by atoms with Crippen molar-refractivity contribution in [3.63, 3.8) is 0 Å². The SMILES string of the molecule is CCn1cnc2cc(N/N=C(\C#N)C(=N)N)ccc2c1=O. The Morgan fingerprint density at radius 1 is 1.62 bits per heavy atom. The molecule has 0 amide bonds. The molecule has 8 nitrogen and oxygen atoms in total. The fourth-order valence-electron chi connectivity index (χ4n) is 1.72. The van der Waals surface area contributed by atoms with E-state index in [0.717, 1.165) is 0 Å². The summed E-state index contributed by atoms with van der Waals surface area (Å²) in [5, 5.41) is 20.1. The van der Waals surface area contributed by atoms with E-state index < -0.39 is 5.84 Å². The summed E-state index contributed by atoms with van der Waals surface area (Å²) in [6.07, 6.45) is 1.48. The average Bonchev–Trinajstić information content (AvgIpc) is 2.48. The van der Waals surface area contributed by atoms with Gasteiger partial charge in [-0.25, -0.2) is 4.98 Å². The van der Waals surface area contributed by atoms with Gasteiger partial charge < -0.3 is 5.73 Å². The van der Waals surface area contributed by atoms with E-state index in [-0.39, 0.29) is 11.3 Å². The summed E-state index contributed by atoms with van der Waals surface area (Å²) in [5.41, 5.74) is 8.53. The molecule has 0 aliphatic carbocycles. The van der Waals surface area contributed by atoms with Gasteiger partial charge in [0.05, 0.1) is 22.9 Å². The van der Waals surface area contributed by atoms with Crippen LogP contribution in [0.25, 0.3) is 10.9 Å². The number of nitrogens with zero attached hydrogens (tertiary/aromatic N) is 4. The third-order valence-electron chi connectivity index (χ3n) is 2.82. The van der Waals surface area contributed by atoms with E-state index in [4.69, 9.17) is 16.4 Å². The van der Waals surface area contributed by atoms with Crippen molar-refractivity contribution in [2.75, 3.05) is 5.43 Å². The summed E-state index contributed by atoms with van der Waals surface area (Å²) in [6, 6.07) is 6.61. The molecule has 21 heavy (non-hydrogen) atoms. The second kappa shape index (κ2) is 5.83. The third kappa shape index (κ3) is 2.87.